The molecule has 3 N–H and O–H groups in total. The van der Waals surface area contributed by atoms with Crippen molar-refractivity contribution in [1.29, 1.82) is 0 Å². The van der Waals surface area contributed by atoms with Gasteiger partial charge in [-0.2, -0.15) is 0 Å². The van der Waals surface area contributed by atoms with Crippen LogP contribution in [0.15, 0.2) is 78.0 Å². The molecule has 3 heterocycles. The lowest BCUT2D eigenvalue weighted by Gasteiger charge is -2.15. The van der Waals surface area contributed by atoms with Gasteiger partial charge in [0.05, 0.1) is 11.9 Å². The number of nitrogens with two attached hydrogens (primary N) is 1. The van der Waals surface area contributed by atoms with E-state index < -0.39 is 0 Å². The standard InChI is InChI=1S/C27H28N6O2/c1-19-21(12-13-25(28)32-19)16-31-26(34)18-33-24(22-10-6-14-29-15-22)17-30-23(27(33)35)11-5-9-20-7-3-2-4-8-20/h2-4,6-8,10,12-15,17H,5,9,11,16,18H2,1H3,(H2,28,32)(H,31,34). The fourth-order valence-corrected chi connectivity index (χ4v) is 3.90. The van der Waals surface area contributed by atoms with Gasteiger partial charge in [-0.3, -0.25) is 24.1 Å². The zero-order valence-electron chi connectivity index (χ0n) is 19.6. The number of amides is 1. The molecule has 35 heavy (non-hydrogen) atoms. The average Bonchev–Trinajstić information content (AvgIpc) is 2.87. The number of rotatable bonds is 9. The van der Waals surface area contributed by atoms with Gasteiger partial charge in [-0.25, -0.2) is 4.98 Å². The number of nitrogens with zero attached hydrogens (tertiary/aromatic N) is 4. The van der Waals surface area contributed by atoms with Gasteiger partial charge in [-0.15, -0.1) is 0 Å². The molecule has 0 radical (unpaired) electrons. The van der Waals surface area contributed by atoms with Gasteiger partial charge in [-0.05, 0) is 55.5 Å². The minimum Gasteiger partial charge on any atom is -0.384 e. The van der Waals surface area contributed by atoms with Gasteiger partial charge in [0.1, 0.15) is 18.1 Å². The number of benzene rings is 1. The van der Waals surface area contributed by atoms with Gasteiger partial charge in [0.2, 0.25) is 5.91 Å². The number of pyridine rings is 2. The molecule has 1 amide bonds. The Kier molecular flexibility index (Phi) is 7.62. The van der Waals surface area contributed by atoms with E-state index in [2.05, 4.69) is 32.4 Å². The fraction of sp³-hybridized carbons (Fsp3) is 0.222. The predicted octanol–water partition coefficient (Wildman–Crippen LogP) is 3.08. The summed E-state index contributed by atoms with van der Waals surface area (Å²) in [4.78, 5) is 39.1. The van der Waals surface area contributed by atoms with Crippen LogP contribution in [0, 0.1) is 6.92 Å². The second-order valence-electron chi connectivity index (χ2n) is 8.32. The third-order valence-corrected chi connectivity index (χ3v) is 5.80. The van der Waals surface area contributed by atoms with Crippen molar-refractivity contribution in [2.45, 2.75) is 39.3 Å². The summed E-state index contributed by atoms with van der Waals surface area (Å²) in [6, 6.07) is 17.3. The zero-order chi connectivity index (χ0) is 24.6. The molecule has 0 saturated heterocycles. The summed E-state index contributed by atoms with van der Waals surface area (Å²) in [5.74, 6) is 0.150. The van der Waals surface area contributed by atoms with E-state index >= 15 is 0 Å². The van der Waals surface area contributed by atoms with Crippen LogP contribution in [0.3, 0.4) is 0 Å². The Morgan fingerprint density at radius 1 is 1.03 bits per heavy atom. The van der Waals surface area contributed by atoms with Crippen molar-refractivity contribution in [3.63, 3.8) is 0 Å². The molecule has 4 aromatic rings. The number of nitrogen functional groups attached to an aromatic ring is 1. The molecule has 0 bridgehead atoms. The van der Waals surface area contributed by atoms with Crippen LogP contribution in [-0.2, 0) is 30.7 Å². The lowest BCUT2D eigenvalue weighted by atomic mass is 10.1. The van der Waals surface area contributed by atoms with Gasteiger partial charge in [0, 0.05) is 30.2 Å². The summed E-state index contributed by atoms with van der Waals surface area (Å²) in [5.41, 5.74) is 9.99. The number of carbonyl (C=O) groups excluding carboxylic acids is 1. The van der Waals surface area contributed by atoms with Crippen LogP contribution in [0.4, 0.5) is 5.82 Å². The molecule has 3 aromatic heterocycles. The molecular formula is C27H28N6O2. The third-order valence-electron chi connectivity index (χ3n) is 5.80. The Hall–Kier alpha value is -4.33. The monoisotopic (exact) mass is 468 g/mol. The van der Waals surface area contributed by atoms with Crippen LogP contribution in [0.2, 0.25) is 0 Å². The van der Waals surface area contributed by atoms with Crippen molar-refractivity contribution in [2.75, 3.05) is 5.73 Å². The van der Waals surface area contributed by atoms with Crippen LogP contribution < -0.4 is 16.6 Å². The van der Waals surface area contributed by atoms with Crippen LogP contribution in [0.1, 0.15) is 28.9 Å². The molecule has 0 fully saturated rings. The number of aromatic nitrogens is 4. The Morgan fingerprint density at radius 2 is 1.86 bits per heavy atom. The van der Waals surface area contributed by atoms with Crippen LogP contribution >= 0.6 is 0 Å². The van der Waals surface area contributed by atoms with Crippen molar-refractivity contribution in [1.82, 2.24) is 24.8 Å². The first kappa shape index (κ1) is 23.8. The molecule has 0 spiro atoms. The molecule has 0 aliphatic rings. The molecule has 8 nitrogen and oxygen atoms in total. The molecule has 0 unspecified atom stereocenters. The molecule has 0 aliphatic carbocycles. The highest BCUT2D eigenvalue weighted by Gasteiger charge is 2.15. The van der Waals surface area contributed by atoms with Gasteiger partial charge < -0.3 is 11.1 Å². The van der Waals surface area contributed by atoms with Gasteiger partial charge >= 0.3 is 0 Å². The van der Waals surface area contributed by atoms with Crippen LogP contribution in [-0.4, -0.2) is 25.4 Å². The number of carbonyl (C=O) groups is 1. The SMILES string of the molecule is Cc1nc(N)ccc1CNC(=O)Cn1c(-c2cccnc2)cnc(CCCc2ccccc2)c1=O. The maximum Gasteiger partial charge on any atom is 0.273 e. The highest BCUT2D eigenvalue weighted by molar-refractivity contribution is 5.76. The van der Waals surface area contributed by atoms with Crippen LogP contribution in [0.25, 0.3) is 11.3 Å². The van der Waals surface area contributed by atoms with Crippen molar-refractivity contribution in [3.05, 3.63) is 106 Å². The van der Waals surface area contributed by atoms with Crippen molar-refractivity contribution < 1.29 is 4.79 Å². The lowest BCUT2D eigenvalue weighted by molar-refractivity contribution is -0.121. The van der Waals surface area contributed by atoms with Gasteiger partial charge in [0.25, 0.3) is 5.56 Å². The fourth-order valence-electron chi connectivity index (χ4n) is 3.90. The quantitative estimate of drug-likeness (QED) is 0.390. The largest absolute Gasteiger partial charge is 0.384 e. The summed E-state index contributed by atoms with van der Waals surface area (Å²) in [6.07, 6.45) is 7.13. The lowest BCUT2D eigenvalue weighted by Crippen LogP contribution is -2.34. The molecule has 0 aliphatic heterocycles. The Morgan fingerprint density at radius 3 is 2.60 bits per heavy atom. The van der Waals surface area contributed by atoms with E-state index in [1.54, 1.807) is 30.7 Å². The van der Waals surface area contributed by atoms with Crippen LogP contribution in [0.5, 0.6) is 0 Å². The maximum atomic E-state index is 13.4. The number of hydrogen-bond acceptors (Lipinski definition) is 6. The summed E-state index contributed by atoms with van der Waals surface area (Å²) >= 11 is 0. The van der Waals surface area contributed by atoms with E-state index in [1.807, 2.05) is 37.3 Å². The second-order valence-corrected chi connectivity index (χ2v) is 8.32. The van der Waals surface area contributed by atoms with Crippen molar-refractivity contribution >= 4 is 11.7 Å². The van der Waals surface area contributed by atoms with Gasteiger partial charge in [0.15, 0.2) is 0 Å². The first-order valence-corrected chi connectivity index (χ1v) is 11.5. The van der Waals surface area contributed by atoms with E-state index in [-0.39, 0.29) is 18.0 Å². The molecule has 1 aromatic carbocycles. The van der Waals surface area contributed by atoms with Crippen molar-refractivity contribution in [3.8, 4) is 11.3 Å². The molecule has 0 saturated carbocycles. The van der Waals surface area contributed by atoms with Crippen molar-refractivity contribution in [2.24, 2.45) is 0 Å². The third kappa shape index (κ3) is 6.17. The van der Waals surface area contributed by atoms with E-state index in [1.165, 1.54) is 10.1 Å². The highest BCUT2D eigenvalue weighted by atomic mass is 16.2. The number of nitrogens with one attached hydrogen (secondary N) is 1. The smallest absolute Gasteiger partial charge is 0.273 e. The minimum atomic E-state index is -0.282. The number of hydrogen-bond donors (Lipinski definition) is 2. The molecular weight excluding hydrogens is 440 g/mol. The normalized spacial score (nSPS) is 10.8. The highest BCUT2D eigenvalue weighted by Crippen LogP contribution is 2.16. The second kappa shape index (κ2) is 11.2. The average molecular weight is 469 g/mol. The first-order valence-electron chi connectivity index (χ1n) is 11.5. The first-order chi connectivity index (χ1) is 17.0. The van der Waals surface area contributed by atoms with Gasteiger partial charge in [-0.1, -0.05) is 36.4 Å². The number of anilines is 1. The molecule has 178 valence electrons. The van der Waals surface area contributed by atoms with E-state index in [0.29, 0.717) is 30.2 Å². The minimum absolute atomic E-state index is 0.126. The Labute approximate surface area is 203 Å². The molecule has 4 rings (SSSR count). The molecule has 8 heteroatoms. The maximum absolute atomic E-state index is 13.4. The summed E-state index contributed by atoms with van der Waals surface area (Å²) in [7, 11) is 0. The van der Waals surface area contributed by atoms with E-state index in [4.69, 9.17) is 5.73 Å². The summed E-state index contributed by atoms with van der Waals surface area (Å²) < 4.78 is 1.48. The zero-order valence-corrected chi connectivity index (χ0v) is 19.6. The Bertz CT molecular complexity index is 1350. The number of aryl methyl sites for hydroxylation is 3. The predicted molar refractivity (Wildman–Crippen MR) is 135 cm³/mol. The Balaban J connectivity index is 1.53. The summed E-state index contributed by atoms with van der Waals surface area (Å²) in [6.45, 7) is 2.01. The van der Waals surface area contributed by atoms with E-state index in [9.17, 15) is 9.59 Å². The molecule has 0 atom stereocenters. The summed E-state index contributed by atoms with van der Waals surface area (Å²) in [5, 5.41) is 2.88. The van der Waals surface area contributed by atoms with E-state index in [0.717, 1.165) is 29.7 Å². The topological polar surface area (TPSA) is 116 Å².